The molecular formula is C16H20N2O2. The second kappa shape index (κ2) is 6.39. The average Bonchev–Trinajstić information content (AvgIpc) is 2.88. The first-order chi connectivity index (χ1) is 9.54. The normalized spacial score (nSPS) is 12.2. The molecule has 0 aliphatic rings. The maximum absolute atomic E-state index is 11.9. The highest BCUT2D eigenvalue weighted by atomic mass is 16.3. The summed E-state index contributed by atoms with van der Waals surface area (Å²) in [5.41, 5.74) is 3.11. The molecule has 1 heterocycles. The van der Waals surface area contributed by atoms with Gasteiger partial charge in [-0.05, 0) is 56.2 Å². The van der Waals surface area contributed by atoms with Crippen LogP contribution in [0.2, 0.25) is 0 Å². The Morgan fingerprint density at radius 2 is 1.95 bits per heavy atom. The van der Waals surface area contributed by atoms with Gasteiger partial charge in [-0.3, -0.25) is 10.1 Å². The zero-order chi connectivity index (χ0) is 14.5. The Labute approximate surface area is 119 Å². The van der Waals surface area contributed by atoms with Gasteiger partial charge in [0.15, 0.2) is 0 Å². The second-order valence-corrected chi connectivity index (χ2v) is 5.04. The maximum Gasteiger partial charge on any atom is 0.238 e. The van der Waals surface area contributed by atoms with Crippen molar-refractivity contribution in [3.63, 3.8) is 0 Å². The van der Waals surface area contributed by atoms with Crippen molar-refractivity contribution in [3.05, 3.63) is 53.5 Å². The molecule has 0 fully saturated rings. The summed E-state index contributed by atoms with van der Waals surface area (Å²) in [7, 11) is 0. The van der Waals surface area contributed by atoms with E-state index >= 15 is 0 Å². The van der Waals surface area contributed by atoms with Crippen molar-refractivity contribution >= 4 is 11.6 Å². The average molecular weight is 272 g/mol. The van der Waals surface area contributed by atoms with Crippen LogP contribution >= 0.6 is 0 Å². The van der Waals surface area contributed by atoms with E-state index in [-0.39, 0.29) is 18.5 Å². The minimum atomic E-state index is -0.0617. The number of anilines is 1. The van der Waals surface area contributed by atoms with Crippen molar-refractivity contribution in [1.82, 2.24) is 5.32 Å². The molecule has 4 heteroatoms. The van der Waals surface area contributed by atoms with Crippen molar-refractivity contribution < 1.29 is 9.21 Å². The van der Waals surface area contributed by atoms with E-state index in [0.29, 0.717) is 0 Å². The quantitative estimate of drug-likeness (QED) is 0.879. The topological polar surface area (TPSA) is 54.3 Å². The minimum Gasteiger partial charge on any atom is -0.468 e. The molecule has 1 aromatic carbocycles. The summed E-state index contributed by atoms with van der Waals surface area (Å²) in [6.07, 6.45) is 1.63. The first-order valence-electron chi connectivity index (χ1n) is 6.69. The first kappa shape index (κ1) is 14.3. The molecule has 0 bridgehead atoms. The van der Waals surface area contributed by atoms with Crippen molar-refractivity contribution in [1.29, 1.82) is 0 Å². The van der Waals surface area contributed by atoms with Crippen LogP contribution in [0.1, 0.15) is 29.9 Å². The SMILES string of the molecule is Cc1cc(C)cc(NC(=O)CN[C@H](C)c2ccco2)c1. The largest absolute Gasteiger partial charge is 0.468 e. The Morgan fingerprint density at radius 1 is 1.25 bits per heavy atom. The predicted molar refractivity (Wildman–Crippen MR) is 79.7 cm³/mol. The molecule has 0 saturated carbocycles. The number of carbonyl (C=O) groups is 1. The molecular weight excluding hydrogens is 252 g/mol. The Hall–Kier alpha value is -2.07. The third-order valence-corrected chi connectivity index (χ3v) is 3.04. The molecule has 106 valence electrons. The number of rotatable bonds is 5. The van der Waals surface area contributed by atoms with Crippen molar-refractivity contribution in [3.8, 4) is 0 Å². The third-order valence-electron chi connectivity index (χ3n) is 3.04. The Morgan fingerprint density at radius 3 is 2.55 bits per heavy atom. The predicted octanol–water partition coefficient (Wildman–Crippen LogP) is 3.19. The fraction of sp³-hybridized carbons (Fsp3) is 0.312. The fourth-order valence-electron chi connectivity index (χ4n) is 2.14. The van der Waals surface area contributed by atoms with Gasteiger partial charge in [0, 0.05) is 5.69 Å². The summed E-state index contributed by atoms with van der Waals surface area (Å²) in [5, 5.41) is 6.02. The number of amides is 1. The summed E-state index contributed by atoms with van der Waals surface area (Å²) in [5.74, 6) is 0.762. The van der Waals surface area contributed by atoms with Gasteiger partial charge in [-0.1, -0.05) is 6.07 Å². The highest BCUT2D eigenvalue weighted by Gasteiger charge is 2.10. The van der Waals surface area contributed by atoms with E-state index in [9.17, 15) is 4.79 Å². The second-order valence-electron chi connectivity index (χ2n) is 5.04. The lowest BCUT2D eigenvalue weighted by Gasteiger charge is -2.12. The van der Waals surface area contributed by atoms with E-state index in [1.807, 2.05) is 45.0 Å². The molecule has 2 N–H and O–H groups in total. The van der Waals surface area contributed by atoms with Crippen LogP contribution in [0.3, 0.4) is 0 Å². The summed E-state index contributed by atoms with van der Waals surface area (Å²) in [6.45, 7) is 6.23. The minimum absolute atomic E-state index is 0.00926. The van der Waals surface area contributed by atoms with Crippen LogP contribution in [0.4, 0.5) is 5.69 Å². The van der Waals surface area contributed by atoms with Gasteiger partial charge in [-0.25, -0.2) is 0 Å². The lowest BCUT2D eigenvalue weighted by atomic mass is 10.1. The number of hydrogen-bond acceptors (Lipinski definition) is 3. The first-order valence-corrected chi connectivity index (χ1v) is 6.69. The molecule has 2 rings (SSSR count). The van der Waals surface area contributed by atoms with Gasteiger partial charge in [-0.15, -0.1) is 0 Å². The Bertz CT molecular complexity index is 556. The summed E-state index contributed by atoms with van der Waals surface area (Å²) in [6, 6.07) is 9.73. The van der Waals surface area contributed by atoms with E-state index in [4.69, 9.17) is 4.42 Å². The molecule has 1 amide bonds. The standard InChI is InChI=1S/C16H20N2O2/c1-11-7-12(2)9-14(8-11)18-16(19)10-17-13(3)15-5-4-6-20-15/h4-9,13,17H,10H2,1-3H3,(H,18,19)/t13-/m1/s1. The van der Waals surface area contributed by atoms with Crippen molar-refractivity contribution in [2.75, 3.05) is 11.9 Å². The van der Waals surface area contributed by atoms with Crippen LogP contribution in [0.25, 0.3) is 0 Å². The van der Waals surface area contributed by atoms with Gasteiger partial charge >= 0.3 is 0 Å². The zero-order valence-corrected chi connectivity index (χ0v) is 12.1. The van der Waals surface area contributed by atoms with Gasteiger partial charge in [0.2, 0.25) is 5.91 Å². The van der Waals surface area contributed by atoms with Gasteiger partial charge in [0.25, 0.3) is 0 Å². The molecule has 1 atom stereocenters. The molecule has 0 spiro atoms. The summed E-state index contributed by atoms with van der Waals surface area (Å²) >= 11 is 0. The molecule has 0 radical (unpaired) electrons. The fourth-order valence-corrected chi connectivity index (χ4v) is 2.14. The smallest absolute Gasteiger partial charge is 0.238 e. The van der Waals surface area contributed by atoms with Gasteiger partial charge in [0.1, 0.15) is 5.76 Å². The van der Waals surface area contributed by atoms with Crippen LogP contribution in [0.15, 0.2) is 41.0 Å². The van der Waals surface area contributed by atoms with Gasteiger partial charge < -0.3 is 9.73 Å². The lowest BCUT2D eigenvalue weighted by molar-refractivity contribution is -0.115. The van der Waals surface area contributed by atoms with Crippen LogP contribution in [-0.2, 0) is 4.79 Å². The maximum atomic E-state index is 11.9. The summed E-state index contributed by atoms with van der Waals surface area (Å²) in [4.78, 5) is 11.9. The number of aryl methyl sites for hydroxylation is 2. The van der Waals surface area contributed by atoms with E-state index in [2.05, 4.69) is 16.7 Å². The summed E-state index contributed by atoms with van der Waals surface area (Å²) < 4.78 is 5.28. The molecule has 0 aliphatic carbocycles. The van der Waals surface area contributed by atoms with Crippen LogP contribution in [0.5, 0.6) is 0 Å². The monoisotopic (exact) mass is 272 g/mol. The third kappa shape index (κ3) is 3.96. The number of hydrogen-bond donors (Lipinski definition) is 2. The molecule has 0 saturated heterocycles. The number of nitrogens with one attached hydrogen (secondary N) is 2. The molecule has 0 aliphatic heterocycles. The lowest BCUT2D eigenvalue weighted by Crippen LogP contribution is -2.30. The number of furan rings is 1. The van der Waals surface area contributed by atoms with E-state index in [0.717, 1.165) is 22.6 Å². The highest BCUT2D eigenvalue weighted by molar-refractivity contribution is 5.92. The van der Waals surface area contributed by atoms with Gasteiger partial charge in [-0.2, -0.15) is 0 Å². The molecule has 20 heavy (non-hydrogen) atoms. The number of benzene rings is 1. The molecule has 1 aromatic heterocycles. The highest BCUT2D eigenvalue weighted by Crippen LogP contribution is 2.14. The molecule has 4 nitrogen and oxygen atoms in total. The van der Waals surface area contributed by atoms with Crippen molar-refractivity contribution in [2.24, 2.45) is 0 Å². The van der Waals surface area contributed by atoms with Crippen LogP contribution in [0, 0.1) is 13.8 Å². The van der Waals surface area contributed by atoms with E-state index in [1.54, 1.807) is 6.26 Å². The van der Waals surface area contributed by atoms with Crippen molar-refractivity contribution in [2.45, 2.75) is 26.8 Å². The van der Waals surface area contributed by atoms with E-state index in [1.165, 1.54) is 0 Å². The van der Waals surface area contributed by atoms with Crippen LogP contribution < -0.4 is 10.6 Å². The van der Waals surface area contributed by atoms with E-state index < -0.39 is 0 Å². The Balaban J connectivity index is 1.86. The van der Waals surface area contributed by atoms with Crippen LogP contribution in [-0.4, -0.2) is 12.5 Å². The Kier molecular flexibility index (Phi) is 4.58. The number of carbonyl (C=O) groups excluding carboxylic acids is 1. The zero-order valence-electron chi connectivity index (χ0n) is 12.1. The van der Waals surface area contributed by atoms with Gasteiger partial charge in [0.05, 0.1) is 18.8 Å². The molecule has 0 unspecified atom stereocenters. The molecule has 2 aromatic rings.